The summed E-state index contributed by atoms with van der Waals surface area (Å²) in [6, 6.07) is 7.85. The largest absolute Gasteiger partial charge is 0.444 e. The molecule has 3 heterocycles. The van der Waals surface area contributed by atoms with Crippen molar-refractivity contribution >= 4 is 45.1 Å². The fraction of sp³-hybridized carbons (Fsp3) is 0.407. The number of likely N-dealkylation sites (tertiary alicyclic amines) is 1. The molecule has 1 aromatic carbocycles. The summed E-state index contributed by atoms with van der Waals surface area (Å²) in [4.78, 5) is 45.9. The molecule has 0 unspecified atom stereocenters. The molecule has 0 radical (unpaired) electrons. The topological polar surface area (TPSA) is 127 Å². The Kier molecular flexibility index (Phi) is 8.15. The number of benzene rings is 1. The van der Waals surface area contributed by atoms with Crippen LogP contribution in [0.4, 0.5) is 15.0 Å². The van der Waals surface area contributed by atoms with Gasteiger partial charge in [0.25, 0.3) is 0 Å². The first-order valence-corrected chi connectivity index (χ1v) is 13.3. The molecule has 1 saturated heterocycles. The van der Waals surface area contributed by atoms with Gasteiger partial charge in [-0.25, -0.2) is 14.2 Å². The molecule has 4 N–H and O–H groups in total. The summed E-state index contributed by atoms with van der Waals surface area (Å²) in [5.41, 5.74) is 5.86. The van der Waals surface area contributed by atoms with Crippen LogP contribution in [0.1, 0.15) is 44.1 Å². The molecule has 11 heteroatoms. The molecule has 2 aromatic heterocycles. The van der Waals surface area contributed by atoms with E-state index in [0.717, 1.165) is 15.0 Å². The third-order valence-electron chi connectivity index (χ3n) is 6.14. The number of hydrogen-bond donors (Lipinski definition) is 3. The van der Waals surface area contributed by atoms with Gasteiger partial charge in [-0.3, -0.25) is 9.59 Å². The second kappa shape index (κ2) is 11.3. The molecule has 1 aliphatic rings. The maximum Gasteiger partial charge on any atom is 0.408 e. The van der Waals surface area contributed by atoms with Gasteiger partial charge in [-0.2, -0.15) is 0 Å². The fourth-order valence-electron chi connectivity index (χ4n) is 4.43. The molecular formula is C27H32FN5O4S. The molecule has 4 rings (SSSR count). The van der Waals surface area contributed by atoms with Crippen molar-refractivity contribution in [3.8, 4) is 0 Å². The molecule has 1 fully saturated rings. The number of nitrogens with two attached hydrogens (primary N) is 1. The lowest BCUT2D eigenvalue weighted by molar-refractivity contribution is -0.140. The highest BCUT2D eigenvalue weighted by Crippen LogP contribution is 2.28. The molecule has 0 aliphatic carbocycles. The van der Waals surface area contributed by atoms with Gasteiger partial charge in [0.05, 0.1) is 6.54 Å². The summed E-state index contributed by atoms with van der Waals surface area (Å²) in [5, 5.41) is 6.44. The van der Waals surface area contributed by atoms with Gasteiger partial charge in [-0.15, -0.1) is 11.3 Å². The number of halogens is 1. The molecule has 3 aromatic rings. The number of carbonyl (C=O) groups is 3. The van der Waals surface area contributed by atoms with Crippen molar-refractivity contribution in [2.24, 2.45) is 0 Å². The molecule has 202 valence electrons. The van der Waals surface area contributed by atoms with Crippen LogP contribution < -0.4 is 16.4 Å². The average molecular weight is 542 g/mol. The molecule has 1 aliphatic heterocycles. The molecule has 3 amide bonds. The second-order valence-electron chi connectivity index (χ2n) is 10.3. The number of fused-ring (bicyclic) bond motifs is 1. The SMILES string of the molecule is CC(C)(C)OC(=O)N[C@H](Cc1ccc(F)cc1)C(=O)N1CCC[C@H]1C(=O)NCc1cc2c(N)nccc2s1. The van der Waals surface area contributed by atoms with Crippen molar-refractivity contribution < 1.29 is 23.5 Å². The number of amides is 3. The highest BCUT2D eigenvalue weighted by molar-refractivity contribution is 7.19. The number of hydrogen-bond acceptors (Lipinski definition) is 7. The van der Waals surface area contributed by atoms with E-state index >= 15 is 0 Å². The van der Waals surface area contributed by atoms with E-state index in [1.807, 2.05) is 12.1 Å². The van der Waals surface area contributed by atoms with Crippen LogP contribution in [0.2, 0.25) is 0 Å². The lowest BCUT2D eigenvalue weighted by atomic mass is 10.0. The Bertz CT molecular complexity index is 1320. The van der Waals surface area contributed by atoms with E-state index in [-0.39, 0.29) is 12.3 Å². The predicted molar refractivity (Wildman–Crippen MR) is 144 cm³/mol. The lowest BCUT2D eigenvalue weighted by Crippen LogP contribution is -2.54. The van der Waals surface area contributed by atoms with Crippen LogP contribution in [0.3, 0.4) is 0 Å². The van der Waals surface area contributed by atoms with Crippen LogP contribution in [0.15, 0.2) is 42.6 Å². The van der Waals surface area contributed by atoms with E-state index in [0.29, 0.717) is 37.3 Å². The van der Waals surface area contributed by atoms with Crippen molar-refractivity contribution in [1.29, 1.82) is 0 Å². The van der Waals surface area contributed by atoms with Gasteiger partial charge in [0.2, 0.25) is 11.8 Å². The minimum absolute atomic E-state index is 0.125. The number of nitrogen functional groups attached to an aromatic ring is 1. The van der Waals surface area contributed by atoms with Crippen molar-refractivity contribution in [1.82, 2.24) is 20.5 Å². The number of nitrogens with one attached hydrogen (secondary N) is 2. The lowest BCUT2D eigenvalue weighted by Gasteiger charge is -2.29. The number of nitrogens with zero attached hydrogens (tertiary/aromatic N) is 2. The van der Waals surface area contributed by atoms with Crippen LogP contribution in [0, 0.1) is 5.82 Å². The maximum atomic E-state index is 13.6. The van der Waals surface area contributed by atoms with Gasteiger partial charge >= 0.3 is 6.09 Å². The average Bonchev–Trinajstić information content (AvgIpc) is 3.50. The number of thiophene rings is 1. The van der Waals surface area contributed by atoms with E-state index in [4.69, 9.17) is 10.5 Å². The quantitative estimate of drug-likeness (QED) is 0.418. The molecule has 2 atom stereocenters. The van der Waals surface area contributed by atoms with E-state index in [2.05, 4.69) is 15.6 Å². The van der Waals surface area contributed by atoms with E-state index < -0.39 is 35.5 Å². The van der Waals surface area contributed by atoms with Gasteiger partial charge in [0, 0.05) is 34.1 Å². The third kappa shape index (κ3) is 6.77. The predicted octanol–water partition coefficient (Wildman–Crippen LogP) is 3.76. The van der Waals surface area contributed by atoms with Crippen LogP contribution in [0.25, 0.3) is 10.1 Å². The van der Waals surface area contributed by atoms with Gasteiger partial charge in [-0.1, -0.05) is 12.1 Å². The number of carbonyl (C=O) groups excluding carboxylic acids is 3. The van der Waals surface area contributed by atoms with Crippen molar-refractivity contribution in [3.63, 3.8) is 0 Å². The number of anilines is 1. The molecule has 9 nitrogen and oxygen atoms in total. The number of alkyl carbamates (subject to hydrolysis) is 1. The smallest absolute Gasteiger partial charge is 0.408 e. The van der Waals surface area contributed by atoms with Crippen LogP contribution >= 0.6 is 11.3 Å². The molecule has 0 bridgehead atoms. The normalized spacial score (nSPS) is 16.3. The standard InChI is InChI=1S/C27H32FN5O4S/c1-27(2,3)37-26(36)32-20(13-16-6-8-17(28)9-7-16)25(35)33-12-4-5-21(33)24(34)31-15-18-14-19-22(38-18)10-11-30-23(19)29/h6-11,14,20-21H,4-5,12-13,15H2,1-3H3,(H2,29,30)(H,31,34)(H,32,36)/t20-,21+/m1/s1. The first kappa shape index (κ1) is 27.3. The maximum absolute atomic E-state index is 13.6. The summed E-state index contributed by atoms with van der Waals surface area (Å²) < 4.78 is 19.8. The second-order valence-corrected chi connectivity index (χ2v) is 11.4. The zero-order valence-electron chi connectivity index (χ0n) is 21.6. The van der Waals surface area contributed by atoms with E-state index in [1.54, 1.807) is 39.1 Å². The fourth-order valence-corrected chi connectivity index (χ4v) is 5.43. The minimum atomic E-state index is -0.984. The zero-order valence-corrected chi connectivity index (χ0v) is 22.4. The zero-order chi connectivity index (χ0) is 27.4. The highest BCUT2D eigenvalue weighted by atomic mass is 32.1. The van der Waals surface area contributed by atoms with Gasteiger partial charge in [0.15, 0.2) is 0 Å². The Morgan fingerprint density at radius 2 is 1.97 bits per heavy atom. The Morgan fingerprint density at radius 1 is 1.24 bits per heavy atom. The van der Waals surface area contributed by atoms with Gasteiger partial charge in [-0.05, 0) is 63.4 Å². The molecular weight excluding hydrogens is 509 g/mol. The first-order valence-electron chi connectivity index (χ1n) is 12.5. The Hall–Kier alpha value is -3.73. The van der Waals surface area contributed by atoms with Crippen molar-refractivity contribution in [3.05, 3.63) is 58.9 Å². The Morgan fingerprint density at radius 3 is 2.66 bits per heavy atom. The number of rotatable bonds is 7. The van der Waals surface area contributed by atoms with E-state index in [1.165, 1.54) is 28.4 Å². The number of aromatic nitrogens is 1. The molecule has 0 spiro atoms. The van der Waals surface area contributed by atoms with Gasteiger partial charge in [0.1, 0.15) is 29.3 Å². The van der Waals surface area contributed by atoms with Crippen molar-refractivity contribution in [2.45, 2.75) is 64.3 Å². The Balaban J connectivity index is 1.46. The minimum Gasteiger partial charge on any atom is -0.444 e. The summed E-state index contributed by atoms with van der Waals surface area (Å²) >= 11 is 1.52. The first-order chi connectivity index (χ1) is 18.0. The third-order valence-corrected chi connectivity index (χ3v) is 7.25. The Labute approximate surface area is 224 Å². The molecule has 0 saturated carbocycles. The molecule has 38 heavy (non-hydrogen) atoms. The number of ether oxygens (including phenoxy) is 1. The van der Waals surface area contributed by atoms with Crippen LogP contribution in [0.5, 0.6) is 0 Å². The van der Waals surface area contributed by atoms with Crippen molar-refractivity contribution in [2.75, 3.05) is 12.3 Å². The monoisotopic (exact) mass is 541 g/mol. The summed E-state index contributed by atoms with van der Waals surface area (Å²) in [7, 11) is 0. The van der Waals surface area contributed by atoms with Crippen LogP contribution in [-0.4, -0.2) is 52.0 Å². The van der Waals surface area contributed by atoms with Gasteiger partial charge < -0.3 is 26.0 Å². The van der Waals surface area contributed by atoms with E-state index in [9.17, 15) is 18.8 Å². The summed E-state index contributed by atoms with van der Waals surface area (Å²) in [6.45, 7) is 5.87. The highest BCUT2D eigenvalue weighted by Gasteiger charge is 2.38. The summed E-state index contributed by atoms with van der Waals surface area (Å²) in [6.07, 6.45) is 2.20. The summed E-state index contributed by atoms with van der Waals surface area (Å²) in [5.74, 6) is -0.616. The number of pyridine rings is 1. The van der Waals surface area contributed by atoms with Crippen LogP contribution in [-0.2, 0) is 27.3 Å².